The van der Waals surface area contributed by atoms with Gasteiger partial charge in [-0.1, -0.05) is 25.1 Å². The molecule has 1 aliphatic carbocycles. The van der Waals surface area contributed by atoms with Gasteiger partial charge in [0.2, 0.25) is 0 Å². The number of benzene rings is 2. The molecule has 37 heavy (non-hydrogen) atoms. The molecule has 4 rings (SSSR count). The van der Waals surface area contributed by atoms with Crippen LogP contribution in [0.25, 0.3) is 0 Å². The second-order valence-electron chi connectivity index (χ2n) is 9.53. The first-order valence-corrected chi connectivity index (χ1v) is 13.8. The van der Waals surface area contributed by atoms with Crippen molar-refractivity contribution >= 4 is 23.5 Å². The number of nitrogens with one attached hydrogen (secondary N) is 1. The molecular formula is C30H35NO5S. The first-order valence-electron chi connectivity index (χ1n) is 12.6. The number of ether oxygens (including phenoxy) is 3. The summed E-state index contributed by atoms with van der Waals surface area (Å²) in [6.45, 7) is 5.76. The van der Waals surface area contributed by atoms with Gasteiger partial charge in [0.15, 0.2) is 17.3 Å². The van der Waals surface area contributed by atoms with Crippen molar-refractivity contribution in [2.45, 2.75) is 62.9 Å². The van der Waals surface area contributed by atoms with E-state index in [2.05, 4.69) is 5.32 Å². The van der Waals surface area contributed by atoms with Crippen LogP contribution in [0, 0.1) is 0 Å². The van der Waals surface area contributed by atoms with Crippen molar-refractivity contribution in [3.63, 3.8) is 0 Å². The molecule has 3 atom stereocenters. The molecule has 0 amide bonds. The number of dihydropyridines is 1. The van der Waals surface area contributed by atoms with Crippen LogP contribution < -0.4 is 14.8 Å². The summed E-state index contributed by atoms with van der Waals surface area (Å²) in [7, 11) is 3.22. The van der Waals surface area contributed by atoms with E-state index in [0.717, 1.165) is 33.8 Å². The first kappa shape index (κ1) is 26.9. The maximum absolute atomic E-state index is 13.8. The van der Waals surface area contributed by atoms with E-state index in [1.54, 1.807) is 26.0 Å². The third kappa shape index (κ3) is 5.42. The fourth-order valence-electron chi connectivity index (χ4n) is 5.11. The van der Waals surface area contributed by atoms with E-state index in [0.29, 0.717) is 35.5 Å². The molecule has 0 saturated carbocycles. The van der Waals surface area contributed by atoms with Crippen LogP contribution in [0.2, 0.25) is 0 Å². The van der Waals surface area contributed by atoms with Crippen molar-refractivity contribution in [3.8, 4) is 11.5 Å². The van der Waals surface area contributed by atoms with Crippen molar-refractivity contribution in [1.82, 2.24) is 5.32 Å². The summed E-state index contributed by atoms with van der Waals surface area (Å²) in [5.41, 5.74) is 4.70. The third-order valence-corrected chi connectivity index (χ3v) is 8.00. The lowest BCUT2D eigenvalue weighted by Crippen LogP contribution is -2.36. The van der Waals surface area contributed by atoms with Gasteiger partial charge in [-0.3, -0.25) is 4.79 Å². The summed E-state index contributed by atoms with van der Waals surface area (Å²) in [4.78, 5) is 28.3. The fourth-order valence-corrected chi connectivity index (χ4v) is 5.52. The van der Waals surface area contributed by atoms with Gasteiger partial charge < -0.3 is 19.5 Å². The molecule has 0 spiro atoms. The number of Topliss-reactive ketones (excluding diaryl/α,β-unsaturated/α-hetero) is 1. The number of hydrogen-bond acceptors (Lipinski definition) is 7. The van der Waals surface area contributed by atoms with Crippen molar-refractivity contribution in [2.24, 2.45) is 0 Å². The Hall–Kier alpha value is -3.19. The quantitative estimate of drug-likeness (QED) is 0.331. The van der Waals surface area contributed by atoms with Crippen LogP contribution in [0.5, 0.6) is 11.5 Å². The first-order chi connectivity index (χ1) is 17.8. The Kier molecular flexibility index (Phi) is 8.32. The van der Waals surface area contributed by atoms with Gasteiger partial charge in [0.1, 0.15) is 0 Å². The summed E-state index contributed by atoms with van der Waals surface area (Å²) in [6.07, 6.45) is 3.54. The van der Waals surface area contributed by atoms with E-state index in [9.17, 15) is 9.59 Å². The minimum atomic E-state index is -0.470. The fraction of sp³-hybridized carbons (Fsp3) is 0.400. The molecule has 1 aliphatic heterocycles. The van der Waals surface area contributed by atoms with Crippen LogP contribution in [0.4, 0.5) is 0 Å². The summed E-state index contributed by atoms with van der Waals surface area (Å²) in [6, 6.07) is 13.9. The van der Waals surface area contributed by atoms with Crippen LogP contribution in [0.3, 0.4) is 0 Å². The van der Waals surface area contributed by atoms with Crippen molar-refractivity contribution < 1.29 is 23.8 Å². The Morgan fingerprint density at radius 3 is 2.35 bits per heavy atom. The van der Waals surface area contributed by atoms with E-state index in [1.165, 1.54) is 0 Å². The second-order valence-corrected chi connectivity index (χ2v) is 10.4. The van der Waals surface area contributed by atoms with Gasteiger partial charge in [0, 0.05) is 34.2 Å². The van der Waals surface area contributed by atoms with E-state index in [1.807, 2.05) is 69.5 Å². The highest BCUT2D eigenvalue weighted by Crippen LogP contribution is 2.46. The van der Waals surface area contributed by atoms with Crippen LogP contribution in [-0.2, 0) is 14.3 Å². The summed E-state index contributed by atoms with van der Waals surface area (Å²) in [5.74, 6) is 0.471. The Morgan fingerprint density at radius 2 is 1.73 bits per heavy atom. The van der Waals surface area contributed by atoms with Crippen molar-refractivity contribution in [3.05, 3.63) is 76.1 Å². The molecule has 1 heterocycles. The van der Waals surface area contributed by atoms with Crippen molar-refractivity contribution in [2.75, 3.05) is 20.5 Å². The molecule has 0 radical (unpaired) electrons. The zero-order valence-electron chi connectivity index (χ0n) is 22.3. The monoisotopic (exact) mass is 521 g/mol. The SMILES string of the molecule is CC[C@@H](C)OC(=O)C1=C(C)NC2=C(C(=O)C[C@H](c3ccc(OC)c(OC)c3)C2)[C@H]1c1ccc(SC)cc1. The predicted octanol–water partition coefficient (Wildman–Crippen LogP) is 6.13. The lowest BCUT2D eigenvalue weighted by Gasteiger charge is -2.37. The Balaban J connectivity index is 1.76. The molecule has 2 aliphatic rings. The third-order valence-electron chi connectivity index (χ3n) is 7.26. The number of thioether (sulfide) groups is 1. The summed E-state index contributed by atoms with van der Waals surface area (Å²) >= 11 is 1.66. The smallest absolute Gasteiger partial charge is 0.337 e. The number of allylic oxidation sites excluding steroid dienone is 3. The number of esters is 1. The molecule has 196 valence electrons. The van der Waals surface area contributed by atoms with Gasteiger partial charge in [-0.2, -0.15) is 0 Å². The summed E-state index contributed by atoms with van der Waals surface area (Å²) in [5, 5.41) is 3.42. The predicted molar refractivity (Wildman–Crippen MR) is 146 cm³/mol. The molecular weight excluding hydrogens is 486 g/mol. The normalized spacial score (nSPS) is 20.2. The highest BCUT2D eigenvalue weighted by atomic mass is 32.2. The zero-order valence-corrected chi connectivity index (χ0v) is 23.2. The maximum atomic E-state index is 13.8. The van der Waals surface area contributed by atoms with E-state index in [-0.39, 0.29) is 23.8 Å². The molecule has 2 aromatic carbocycles. The molecule has 0 unspecified atom stereocenters. The molecule has 2 aromatic rings. The summed E-state index contributed by atoms with van der Waals surface area (Å²) < 4.78 is 16.6. The second kappa shape index (κ2) is 11.5. The van der Waals surface area contributed by atoms with Gasteiger partial charge in [0.05, 0.1) is 25.9 Å². The average Bonchev–Trinajstić information content (AvgIpc) is 2.91. The molecule has 7 heteroatoms. The van der Waals surface area contributed by atoms with E-state index >= 15 is 0 Å². The van der Waals surface area contributed by atoms with E-state index < -0.39 is 5.92 Å². The van der Waals surface area contributed by atoms with Crippen LogP contribution >= 0.6 is 11.8 Å². The molecule has 1 N–H and O–H groups in total. The number of rotatable bonds is 8. The minimum absolute atomic E-state index is 0.0144. The van der Waals surface area contributed by atoms with Gasteiger partial charge >= 0.3 is 5.97 Å². The molecule has 0 aromatic heterocycles. The molecule has 0 fully saturated rings. The molecule has 6 nitrogen and oxygen atoms in total. The highest BCUT2D eigenvalue weighted by Gasteiger charge is 2.41. The lowest BCUT2D eigenvalue weighted by molar-refractivity contribution is -0.144. The zero-order chi connectivity index (χ0) is 26.7. The average molecular weight is 522 g/mol. The minimum Gasteiger partial charge on any atom is -0.493 e. The number of methoxy groups -OCH3 is 2. The number of ketones is 1. The van der Waals surface area contributed by atoms with E-state index in [4.69, 9.17) is 14.2 Å². The van der Waals surface area contributed by atoms with Crippen LogP contribution in [0.1, 0.15) is 63.0 Å². The number of hydrogen-bond donors (Lipinski definition) is 1. The van der Waals surface area contributed by atoms with Crippen LogP contribution in [0.15, 0.2) is 69.9 Å². The number of carbonyl (C=O) groups excluding carboxylic acids is 2. The maximum Gasteiger partial charge on any atom is 0.337 e. The Bertz CT molecular complexity index is 1250. The van der Waals surface area contributed by atoms with Crippen molar-refractivity contribution in [1.29, 1.82) is 0 Å². The molecule has 0 saturated heterocycles. The highest BCUT2D eigenvalue weighted by molar-refractivity contribution is 7.98. The van der Waals surface area contributed by atoms with Gasteiger partial charge in [-0.25, -0.2) is 4.79 Å². The number of carbonyl (C=O) groups is 2. The Morgan fingerprint density at radius 1 is 1.05 bits per heavy atom. The Labute approximate surface area is 223 Å². The lowest BCUT2D eigenvalue weighted by atomic mass is 9.71. The topological polar surface area (TPSA) is 73.9 Å². The van der Waals surface area contributed by atoms with Gasteiger partial charge in [0.25, 0.3) is 0 Å². The van der Waals surface area contributed by atoms with Crippen LogP contribution in [-0.4, -0.2) is 38.3 Å². The largest absolute Gasteiger partial charge is 0.493 e. The van der Waals surface area contributed by atoms with Gasteiger partial charge in [-0.05, 0) is 74.3 Å². The molecule has 0 bridgehead atoms. The van der Waals surface area contributed by atoms with Gasteiger partial charge in [-0.15, -0.1) is 11.8 Å². The standard InChI is InChI=1S/C30H35NO5S/c1-7-17(2)36-30(33)27-18(3)31-23-14-21(20-10-13-25(34-4)26(16-20)35-5)15-24(32)29(23)28(27)19-8-11-22(37-6)12-9-19/h8-13,16-17,21,28,31H,7,14-15H2,1-6H3/t17-,21-,28+/m1/s1.